The van der Waals surface area contributed by atoms with Crippen molar-refractivity contribution in [3.8, 4) is 5.75 Å². The number of aromatic nitrogens is 5. The molecule has 0 unspecified atom stereocenters. The summed E-state index contributed by atoms with van der Waals surface area (Å²) in [5.41, 5.74) is 4.79. The molecule has 4 aromatic rings. The van der Waals surface area contributed by atoms with Gasteiger partial charge in [-0.1, -0.05) is 12.1 Å². The number of nitrogens with zero attached hydrogens (tertiary/aromatic N) is 6. The molecule has 10 nitrogen and oxygen atoms in total. The van der Waals surface area contributed by atoms with Crippen LogP contribution >= 0.6 is 0 Å². The van der Waals surface area contributed by atoms with Gasteiger partial charge < -0.3 is 19.4 Å². The van der Waals surface area contributed by atoms with E-state index in [1.54, 1.807) is 7.11 Å². The lowest BCUT2D eigenvalue weighted by molar-refractivity contribution is 0.0906. The molecule has 0 bridgehead atoms. The average molecular weight is 530 g/mol. The van der Waals surface area contributed by atoms with Gasteiger partial charge in [-0.2, -0.15) is 0 Å². The number of H-pyrrole nitrogens is 1. The number of nitrogens with one attached hydrogen (secondary N) is 1. The Labute approximate surface area is 227 Å². The van der Waals surface area contributed by atoms with E-state index in [4.69, 9.17) is 9.47 Å². The molecule has 204 valence electrons. The third kappa shape index (κ3) is 5.02. The second-order valence-electron chi connectivity index (χ2n) is 10.5. The zero-order chi connectivity index (χ0) is 26.9. The molecule has 0 saturated carbocycles. The first-order valence-electron chi connectivity index (χ1n) is 13.7. The summed E-state index contributed by atoms with van der Waals surface area (Å²) in [7, 11) is 1.70. The van der Waals surface area contributed by atoms with Crippen LogP contribution < -0.4 is 15.2 Å². The van der Waals surface area contributed by atoms with E-state index in [1.807, 2.05) is 35.0 Å². The maximum atomic E-state index is 13.6. The molecular weight excluding hydrogens is 494 g/mol. The second-order valence-corrected chi connectivity index (χ2v) is 10.5. The lowest BCUT2D eigenvalue weighted by Crippen LogP contribution is -2.49. The third-order valence-corrected chi connectivity index (χ3v) is 8.09. The highest BCUT2D eigenvalue weighted by Gasteiger charge is 2.34. The Morgan fingerprint density at radius 1 is 1.10 bits per heavy atom. The highest BCUT2D eigenvalue weighted by molar-refractivity contribution is 5.81. The number of tetrazole rings is 1. The predicted octanol–water partition coefficient (Wildman–Crippen LogP) is 3.23. The molecule has 2 atom stereocenters. The summed E-state index contributed by atoms with van der Waals surface area (Å²) < 4.78 is 13.3. The van der Waals surface area contributed by atoms with Crippen LogP contribution in [0, 0.1) is 13.8 Å². The first kappa shape index (κ1) is 25.5. The number of benzene rings is 2. The number of piperazine rings is 1. The van der Waals surface area contributed by atoms with Crippen LogP contribution in [0.15, 0.2) is 47.3 Å². The second kappa shape index (κ2) is 10.8. The molecule has 2 fully saturated rings. The third-order valence-electron chi connectivity index (χ3n) is 8.09. The fourth-order valence-electron chi connectivity index (χ4n) is 5.83. The summed E-state index contributed by atoms with van der Waals surface area (Å²) >= 11 is 0. The maximum Gasteiger partial charge on any atom is 0.253 e. The standard InChI is InChI=1S/C29H35N7O3/c1-19-15-21-17-23(29(37)30-24(21)16-20(19)2)27(28-31-32-33-36(28)18-22-7-6-14-39-22)35-12-10-34(11-13-35)25-8-4-5-9-26(25)38-3/h4-5,8-9,15-17,22,27H,6-7,10-14,18H2,1-3H3,(H,30,37)/t22-,27-/m0/s1. The van der Waals surface area contributed by atoms with Crippen molar-refractivity contribution in [3.63, 3.8) is 0 Å². The fourth-order valence-corrected chi connectivity index (χ4v) is 5.83. The smallest absolute Gasteiger partial charge is 0.253 e. The topological polar surface area (TPSA) is 101 Å². The number of hydrogen-bond donors (Lipinski definition) is 1. The number of rotatable bonds is 7. The SMILES string of the molecule is COc1ccccc1N1CCN([C@@H](c2cc3cc(C)c(C)cc3[nH]c2=O)c2nnnn2C[C@@H]2CCCO2)CC1. The lowest BCUT2D eigenvalue weighted by atomic mass is 10.00. The summed E-state index contributed by atoms with van der Waals surface area (Å²) in [6.07, 6.45) is 2.10. The van der Waals surface area contributed by atoms with Gasteiger partial charge in [0, 0.05) is 43.9 Å². The Hall–Kier alpha value is -3.76. The van der Waals surface area contributed by atoms with Crippen LogP contribution in [0.4, 0.5) is 5.69 Å². The maximum absolute atomic E-state index is 13.6. The van der Waals surface area contributed by atoms with Crippen LogP contribution in [-0.2, 0) is 11.3 Å². The van der Waals surface area contributed by atoms with Gasteiger partial charge in [0.05, 0.1) is 25.4 Å². The number of hydrogen-bond acceptors (Lipinski definition) is 8. The quantitative estimate of drug-likeness (QED) is 0.390. The molecule has 2 aliphatic heterocycles. The summed E-state index contributed by atoms with van der Waals surface area (Å²) in [5.74, 6) is 1.53. The minimum Gasteiger partial charge on any atom is -0.495 e. The highest BCUT2D eigenvalue weighted by Crippen LogP contribution is 2.32. The summed E-state index contributed by atoms with van der Waals surface area (Å²) in [4.78, 5) is 21.4. The van der Waals surface area contributed by atoms with Crippen molar-refractivity contribution >= 4 is 16.6 Å². The largest absolute Gasteiger partial charge is 0.495 e. The fraction of sp³-hybridized carbons (Fsp3) is 0.448. The molecule has 10 heteroatoms. The predicted molar refractivity (Wildman–Crippen MR) is 149 cm³/mol. The molecular formula is C29H35N7O3. The van der Waals surface area contributed by atoms with Crippen LogP contribution in [-0.4, -0.2) is 76.1 Å². The van der Waals surface area contributed by atoms with Gasteiger partial charge in [0.15, 0.2) is 5.82 Å². The number of ether oxygens (including phenoxy) is 2. The number of aromatic amines is 1. The Kier molecular flexibility index (Phi) is 7.05. The molecule has 39 heavy (non-hydrogen) atoms. The molecule has 0 amide bonds. The van der Waals surface area contributed by atoms with Crippen LogP contribution in [0.5, 0.6) is 5.75 Å². The molecule has 6 rings (SSSR count). The van der Waals surface area contributed by atoms with Gasteiger partial charge in [-0.15, -0.1) is 5.10 Å². The summed E-state index contributed by atoms with van der Waals surface area (Å²) in [6, 6.07) is 13.9. The molecule has 0 radical (unpaired) electrons. The van der Waals surface area contributed by atoms with E-state index in [9.17, 15) is 4.79 Å². The molecule has 2 aliphatic rings. The van der Waals surface area contributed by atoms with Crippen molar-refractivity contribution in [1.29, 1.82) is 0 Å². The number of fused-ring (bicyclic) bond motifs is 1. The monoisotopic (exact) mass is 529 g/mol. The Bertz CT molecular complexity index is 1520. The summed E-state index contributed by atoms with van der Waals surface area (Å²) in [6.45, 7) is 8.53. The summed E-state index contributed by atoms with van der Waals surface area (Å²) in [5, 5.41) is 13.9. The van der Waals surface area contributed by atoms with Crippen molar-refractivity contribution in [2.75, 3.05) is 44.8 Å². The van der Waals surface area contributed by atoms with E-state index in [-0.39, 0.29) is 11.7 Å². The van der Waals surface area contributed by atoms with Crippen LogP contribution in [0.3, 0.4) is 0 Å². The van der Waals surface area contributed by atoms with Gasteiger partial charge in [-0.05, 0) is 84.0 Å². The normalized spacial score (nSPS) is 19.1. The molecule has 1 N–H and O–H groups in total. The van der Waals surface area contributed by atoms with Gasteiger partial charge in [-0.3, -0.25) is 9.69 Å². The van der Waals surface area contributed by atoms with Gasteiger partial charge >= 0.3 is 0 Å². The van der Waals surface area contributed by atoms with Crippen LogP contribution in [0.2, 0.25) is 0 Å². The van der Waals surface area contributed by atoms with Gasteiger partial charge in [0.1, 0.15) is 11.8 Å². The molecule has 0 spiro atoms. The van der Waals surface area contributed by atoms with Crippen LogP contribution in [0.1, 0.15) is 41.4 Å². The molecule has 2 aromatic carbocycles. The van der Waals surface area contributed by atoms with Crippen molar-refractivity contribution in [1.82, 2.24) is 30.1 Å². The molecule has 4 heterocycles. The van der Waals surface area contributed by atoms with E-state index in [0.717, 1.165) is 73.5 Å². The Morgan fingerprint density at radius 2 is 1.90 bits per heavy atom. The Balaban J connectivity index is 1.37. The Morgan fingerprint density at radius 3 is 2.67 bits per heavy atom. The molecule has 2 saturated heterocycles. The van der Waals surface area contributed by atoms with Crippen molar-refractivity contribution in [2.45, 2.75) is 45.4 Å². The van der Waals surface area contributed by atoms with Crippen LogP contribution in [0.25, 0.3) is 10.9 Å². The zero-order valence-electron chi connectivity index (χ0n) is 22.8. The van der Waals surface area contributed by atoms with E-state index in [0.29, 0.717) is 17.9 Å². The van der Waals surface area contributed by atoms with Crippen molar-refractivity contribution in [3.05, 3.63) is 75.3 Å². The van der Waals surface area contributed by atoms with Gasteiger partial charge in [0.25, 0.3) is 5.56 Å². The number of pyridine rings is 1. The minimum absolute atomic E-state index is 0.0794. The highest BCUT2D eigenvalue weighted by atomic mass is 16.5. The van der Waals surface area contributed by atoms with E-state index in [1.165, 1.54) is 5.56 Å². The number of para-hydroxylation sites is 2. The number of methoxy groups -OCH3 is 1. The van der Waals surface area contributed by atoms with Crippen molar-refractivity contribution < 1.29 is 9.47 Å². The first-order chi connectivity index (χ1) is 19.0. The van der Waals surface area contributed by atoms with E-state index >= 15 is 0 Å². The minimum atomic E-state index is -0.393. The zero-order valence-corrected chi connectivity index (χ0v) is 22.8. The lowest BCUT2D eigenvalue weighted by Gasteiger charge is -2.40. The number of aryl methyl sites for hydroxylation is 2. The number of anilines is 1. The van der Waals surface area contributed by atoms with Crippen molar-refractivity contribution in [2.24, 2.45) is 0 Å². The van der Waals surface area contributed by atoms with Gasteiger partial charge in [-0.25, -0.2) is 4.68 Å². The van der Waals surface area contributed by atoms with E-state index in [2.05, 4.69) is 56.3 Å². The van der Waals surface area contributed by atoms with Gasteiger partial charge in [0.2, 0.25) is 0 Å². The molecule has 0 aliphatic carbocycles. The van der Waals surface area contributed by atoms with E-state index < -0.39 is 6.04 Å². The average Bonchev–Trinajstić information content (AvgIpc) is 3.63. The molecule has 2 aromatic heterocycles. The first-order valence-corrected chi connectivity index (χ1v) is 13.7.